The summed E-state index contributed by atoms with van der Waals surface area (Å²) in [7, 11) is 1.57. The van der Waals surface area contributed by atoms with Crippen LogP contribution in [0.3, 0.4) is 0 Å². The van der Waals surface area contributed by atoms with E-state index in [1.54, 1.807) is 37.6 Å². The summed E-state index contributed by atoms with van der Waals surface area (Å²) in [5.74, 6) is 1.86. The van der Waals surface area contributed by atoms with Gasteiger partial charge in [-0.1, -0.05) is 35.5 Å². The molecule has 1 amide bonds. The van der Waals surface area contributed by atoms with Crippen molar-refractivity contribution in [3.63, 3.8) is 0 Å². The number of amides is 1. The number of hydrogen-bond donors (Lipinski definition) is 1. The Labute approximate surface area is 194 Å². The fourth-order valence-electron chi connectivity index (χ4n) is 3.08. The number of thioether (sulfide) groups is 1. The van der Waals surface area contributed by atoms with Crippen LogP contribution < -0.4 is 10.1 Å². The molecular weight excluding hydrogens is 448 g/mol. The number of benzene rings is 2. The minimum absolute atomic E-state index is 0.167. The summed E-state index contributed by atoms with van der Waals surface area (Å²) in [5, 5.41) is 12.5. The summed E-state index contributed by atoms with van der Waals surface area (Å²) in [5.41, 5.74) is 1.48. The molecule has 2 aromatic heterocycles. The van der Waals surface area contributed by atoms with Gasteiger partial charge in [0.1, 0.15) is 11.5 Å². The van der Waals surface area contributed by atoms with Crippen molar-refractivity contribution in [1.82, 2.24) is 14.8 Å². The van der Waals surface area contributed by atoms with Crippen molar-refractivity contribution in [1.29, 1.82) is 0 Å². The Hall–Kier alpha value is -3.23. The van der Waals surface area contributed by atoms with Crippen LogP contribution in [0, 0.1) is 0 Å². The number of para-hydroxylation sites is 2. The molecular formula is C23H21ClN4O3S. The zero-order valence-electron chi connectivity index (χ0n) is 17.5. The van der Waals surface area contributed by atoms with Crippen LogP contribution in [0.2, 0.25) is 5.02 Å². The monoisotopic (exact) mass is 468 g/mol. The Kier molecular flexibility index (Phi) is 6.82. The summed E-state index contributed by atoms with van der Waals surface area (Å²) in [6.45, 7) is 2.25. The van der Waals surface area contributed by atoms with Gasteiger partial charge in [0.2, 0.25) is 5.91 Å². The molecule has 0 fully saturated rings. The maximum Gasteiger partial charge on any atom is 0.237 e. The summed E-state index contributed by atoms with van der Waals surface area (Å²) in [4.78, 5) is 12.8. The van der Waals surface area contributed by atoms with Crippen molar-refractivity contribution < 1.29 is 13.9 Å². The second-order valence-electron chi connectivity index (χ2n) is 6.93. The van der Waals surface area contributed by atoms with Crippen LogP contribution in [0.4, 0.5) is 5.69 Å². The fourth-order valence-corrected chi connectivity index (χ4v) is 4.06. The largest absolute Gasteiger partial charge is 0.495 e. The van der Waals surface area contributed by atoms with Crippen LogP contribution in [-0.4, -0.2) is 33.0 Å². The molecule has 0 aliphatic rings. The molecule has 2 aromatic carbocycles. The van der Waals surface area contributed by atoms with Gasteiger partial charge < -0.3 is 14.5 Å². The number of ether oxygens (including phenoxy) is 1. The third-order valence-electron chi connectivity index (χ3n) is 4.73. The van der Waals surface area contributed by atoms with Crippen molar-refractivity contribution in [3.05, 3.63) is 77.7 Å². The van der Waals surface area contributed by atoms with E-state index in [0.29, 0.717) is 34.0 Å². The van der Waals surface area contributed by atoms with Gasteiger partial charge in [0.25, 0.3) is 0 Å². The number of hydrogen-bond acceptors (Lipinski definition) is 6. The Balaban J connectivity index is 1.58. The molecule has 4 rings (SSSR count). The first kappa shape index (κ1) is 22.0. The molecule has 1 atom stereocenters. The highest BCUT2D eigenvalue weighted by Gasteiger charge is 2.22. The van der Waals surface area contributed by atoms with Crippen LogP contribution in [-0.2, 0) is 11.3 Å². The fraction of sp³-hybridized carbons (Fsp3) is 0.174. The van der Waals surface area contributed by atoms with Gasteiger partial charge in [-0.05, 0) is 55.5 Å². The lowest BCUT2D eigenvalue weighted by atomic mass is 10.2. The van der Waals surface area contributed by atoms with E-state index in [1.807, 2.05) is 47.9 Å². The number of nitrogens with zero attached hydrogens (tertiary/aromatic N) is 3. The normalized spacial score (nSPS) is 11.8. The van der Waals surface area contributed by atoms with Gasteiger partial charge in [-0.25, -0.2) is 0 Å². The number of methoxy groups -OCH3 is 1. The second kappa shape index (κ2) is 9.93. The van der Waals surface area contributed by atoms with Gasteiger partial charge in [-0.15, -0.1) is 10.2 Å². The highest BCUT2D eigenvalue weighted by atomic mass is 35.5. The lowest BCUT2D eigenvalue weighted by molar-refractivity contribution is -0.115. The molecule has 0 aliphatic carbocycles. The lowest BCUT2D eigenvalue weighted by Crippen LogP contribution is -2.23. The van der Waals surface area contributed by atoms with E-state index in [-0.39, 0.29) is 5.91 Å². The number of carbonyl (C=O) groups is 1. The predicted octanol–water partition coefficient (Wildman–Crippen LogP) is 5.37. The van der Waals surface area contributed by atoms with Crippen LogP contribution in [0.15, 0.2) is 76.5 Å². The average Bonchev–Trinajstić information content (AvgIpc) is 3.45. The third-order valence-corrected chi connectivity index (χ3v) is 6.06. The number of nitrogens with one attached hydrogen (secondary N) is 1. The number of rotatable bonds is 8. The average molecular weight is 469 g/mol. The number of carbonyl (C=O) groups excluding carboxylic acids is 1. The highest BCUT2D eigenvalue weighted by molar-refractivity contribution is 8.00. The number of furan rings is 1. The molecule has 0 saturated carbocycles. The van der Waals surface area contributed by atoms with Gasteiger partial charge in [-0.3, -0.25) is 9.36 Å². The Morgan fingerprint density at radius 2 is 1.94 bits per heavy atom. The third kappa shape index (κ3) is 4.98. The quantitative estimate of drug-likeness (QED) is 0.350. The number of aromatic nitrogens is 3. The van der Waals surface area contributed by atoms with Crippen molar-refractivity contribution in [2.24, 2.45) is 0 Å². The summed E-state index contributed by atoms with van der Waals surface area (Å²) in [6.07, 6.45) is 1.62. The van der Waals surface area contributed by atoms with Gasteiger partial charge >= 0.3 is 0 Å². The summed E-state index contributed by atoms with van der Waals surface area (Å²) >= 11 is 7.36. The van der Waals surface area contributed by atoms with E-state index in [9.17, 15) is 4.79 Å². The SMILES string of the molecule is COc1ccccc1NC(=O)C(C)Sc1nnc(-c2ccc(Cl)cc2)n1Cc1ccco1. The molecule has 9 heteroatoms. The first-order chi connectivity index (χ1) is 15.5. The highest BCUT2D eigenvalue weighted by Crippen LogP contribution is 2.30. The summed E-state index contributed by atoms with van der Waals surface area (Å²) < 4.78 is 12.8. The van der Waals surface area contributed by atoms with E-state index < -0.39 is 5.25 Å². The van der Waals surface area contributed by atoms with Crippen molar-refractivity contribution in [3.8, 4) is 17.1 Å². The second-order valence-corrected chi connectivity index (χ2v) is 8.67. The Morgan fingerprint density at radius 3 is 2.66 bits per heavy atom. The smallest absolute Gasteiger partial charge is 0.237 e. The van der Waals surface area contributed by atoms with Gasteiger partial charge in [0, 0.05) is 10.6 Å². The molecule has 0 radical (unpaired) electrons. The lowest BCUT2D eigenvalue weighted by Gasteiger charge is -2.14. The van der Waals surface area contributed by atoms with Gasteiger partial charge in [-0.2, -0.15) is 0 Å². The van der Waals surface area contributed by atoms with E-state index in [0.717, 1.165) is 11.3 Å². The number of anilines is 1. The van der Waals surface area contributed by atoms with Gasteiger partial charge in [0.05, 0.1) is 30.9 Å². The summed E-state index contributed by atoms with van der Waals surface area (Å²) in [6, 6.07) is 18.4. The van der Waals surface area contributed by atoms with Crippen molar-refractivity contribution in [2.45, 2.75) is 23.9 Å². The molecule has 2 heterocycles. The minimum atomic E-state index is -0.433. The maximum atomic E-state index is 12.8. The number of halogens is 1. The van der Waals surface area contributed by atoms with E-state index in [2.05, 4.69) is 15.5 Å². The van der Waals surface area contributed by atoms with E-state index in [4.69, 9.17) is 20.8 Å². The molecule has 1 unspecified atom stereocenters. The Morgan fingerprint density at radius 1 is 1.16 bits per heavy atom. The van der Waals surface area contributed by atoms with Crippen LogP contribution in [0.25, 0.3) is 11.4 Å². The molecule has 7 nitrogen and oxygen atoms in total. The van der Waals surface area contributed by atoms with Crippen molar-refractivity contribution >= 4 is 35.0 Å². The van der Waals surface area contributed by atoms with Crippen LogP contribution in [0.1, 0.15) is 12.7 Å². The first-order valence-corrected chi connectivity index (χ1v) is 11.1. The van der Waals surface area contributed by atoms with Gasteiger partial charge in [0.15, 0.2) is 11.0 Å². The molecule has 0 spiro atoms. The Bertz CT molecular complexity index is 1190. The molecule has 164 valence electrons. The molecule has 0 saturated heterocycles. The molecule has 1 N–H and O–H groups in total. The first-order valence-electron chi connectivity index (χ1n) is 9.87. The zero-order valence-corrected chi connectivity index (χ0v) is 19.1. The van der Waals surface area contributed by atoms with Crippen LogP contribution in [0.5, 0.6) is 5.75 Å². The van der Waals surface area contributed by atoms with E-state index in [1.165, 1.54) is 11.8 Å². The molecule has 4 aromatic rings. The minimum Gasteiger partial charge on any atom is -0.495 e. The molecule has 32 heavy (non-hydrogen) atoms. The van der Waals surface area contributed by atoms with E-state index >= 15 is 0 Å². The predicted molar refractivity (Wildman–Crippen MR) is 125 cm³/mol. The zero-order chi connectivity index (χ0) is 22.5. The molecule has 0 aliphatic heterocycles. The van der Waals surface area contributed by atoms with Crippen molar-refractivity contribution in [2.75, 3.05) is 12.4 Å². The maximum absolute atomic E-state index is 12.8. The van der Waals surface area contributed by atoms with Crippen LogP contribution >= 0.6 is 23.4 Å². The topological polar surface area (TPSA) is 82.2 Å². The molecule has 0 bridgehead atoms. The standard InChI is InChI=1S/C23H21ClN4O3S/c1-15(22(29)25-19-7-3-4-8-20(19)30-2)32-23-27-26-21(16-9-11-17(24)12-10-16)28(23)14-18-6-5-13-31-18/h3-13,15H,14H2,1-2H3,(H,25,29).